The van der Waals surface area contributed by atoms with Crippen molar-refractivity contribution in [2.24, 2.45) is 5.10 Å². The van der Waals surface area contributed by atoms with Crippen molar-refractivity contribution in [2.75, 3.05) is 26.8 Å². The number of halogens is 1. The molecule has 23 heavy (non-hydrogen) atoms. The molecule has 5 nitrogen and oxygen atoms in total. The van der Waals surface area contributed by atoms with Crippen LogP contribution in [0.25, 0.3) is 0 Å². The van der Waals surface area contributed by atoms with Gasteiger partial charge in [-0.1, -0.05) is 17.7 Å². The topological polar surface area (TPSA) is 52.1 Å². The van der Waals surface area contributed by atoms with Crippen LogP contribution in [0.3, 0.4) is 0 Å². The lowest BCUT2D eigenvalue weighted by Crippen LogP contribution is -1.97. The van der Waals surface area contributed by atoms with Gasteiger partial charge in [-0.3, -0.25) is 5.43 Å². The first-order chi connectivity index (χ1) is 11.1. The van der Waals surface area contributed by atoms with Crippen LogP contribution in [-0.2, 0) is 0 Å². The summed E-state index contributed by atoms with van der Waals surface area (Å²) in [5.41, 5.74) is 5.58. The Hall–Kier alpha value is -2.40. The molecule has 0 aromatic heterocycles. The van der Waals surface area contributed by atoms with Crippen LogP contribution < -0.4 is 19.6 Å². The number of aryl methyl sites for hydroxylation is 1. The summed E-state index contributed by atoms with van der Waals surface area (Å²) in [6, 6.07) is 9.29. The first-order valence-electron chi connectivity index (χ1n) is 6.94. The molecule has 122 valence electrons. The number of hydrogen-bond donors (Lipinski definition) is 1. The number of nitrogens with zero attached hydrogens (tertiary/aromatic N) is 1. The molecule has 0 spiro atoms. The van der Waals surface area contributed by atoms with Crippen LogP contribution in [0.4, 0.5) is 5.69 Å². The normalized spacial score (nSPS) is 10.7. The van der Waals surface area contributed by atoms with Gasteiger partial charge in [0, 0.05) is 10.6 Å². The highest BCUT2D eigenvalue weighted by molar-refractivity contribution is 6.31. The third kappa shape index (κ3) is 4.07. The molecule has 2 rings (SSSR count). The van der Waals surface area contributed by atoms with E-state index >= 15 is 0 Å². The van der Waals surface area contributed by atoms with Crippen LogP contribution >= 0.6 is 11.6 Å². The van der Waals surface area contributed by atoms with Gasteiger partial charge in [-0.15, -0.1) is 0 Å². The fourth-order valence-corrected chi connectivity index (χ4v) is 2.20. The molecule has 0 fully saturated rings. The second-order valence-electron chi connectivity index (χ2n) is 4.79. The van der Waals surface area contributed by atoms with Crippen LogP contribution in [-0.4, -0.2) is 27.5 Å². The molecule has 0 unspecified atom stereocenters. The Labute approximate surface area is 140 Å². The minimum Gasteiger partial charge on any atom is -0.493 e. The molecule has 0 aliphatic rings. The number of hydrazone groups is 1. The molecule has 1 N–H and O–H groups in total. The Bertz CT molecular complexity index is 692. The van der Waals surface area contributed by atoms with Gasteiger partial charge in [0.1, 0.15) is 0 Å². The zero-order chi connectivity index (χ0) is 16.8. The summed E-state index contributed by atoms with van der Waals surface area (Å²) >= 11 is 6.08. The second-order valence-corrected chi connectivity index (χ2v) is 5.20. The van der Waals surface area contributed by atoms with E-state index in [4.69, 9.17) is 25.8 Å². The predicted molar refractivity (Wildman–Crippen MR) is 93.5 cm³/mol. The predicted octanol–water partition coefficient (Wildman–Crippen LogP) is 4.12. The van der Waals surface area contributed by atoms with Crippen molar-refractivity contribution in [3.63, 3.8) is 0 Å². The zero-order valence-electron chi connectivity index (χ0n) is 13.5. The fraction of sp³-hybridized carbons (Fsp3) is 0.235. The smallest absolute Gasteiger partial charge is 0.203 e. The molecule has 0 saturated carbocycles. The van der Waals surface area contributed by atoms with Crippen LogP contribution in [0.1, 0.15) is 11.1 Å². The van der Waals surface area contributed by atoms with E-state index in [1.54, 1.807) is 27.5 Å². The quantitative estimate of drug-likeness (QED) is 0.637. The van der Waals surface area contributed by atoms with E-state index in [2.05, 4.69) is 10.5 Å². The number of benzene rings is 2. The van der Waals surface area contributed by atoms with Gasteiger partial charge < -0.3 is 14.2 Å². The standard InChI is InChI=1S/C17H19ClN2O3/c1-11-5-6-13(9-14(11)18)20-19-10-12-7-15(21-2)17(23-4)16(8-12)22-3/h5-10,20H,1-4H3/b19-10-. The SMILES string of the molecule is COc1cc(/C=N\Nc2ccc(C)c(Cl)c2)cc(OC)c1OC. The maximum absolute atomic E-state index is 6.08. The Morgan fingerprint density at radius 3 is 2.17 bits per heavy atom. The molecule has 0 aliphatic carbocycles. The van der Waals surface area contributed by atoms with E-state index in [9.17, 15) is 0 Å². The summed E-state index contributed by atoms with van der Waals surface area (Å²) in [5.74, 6) is 1.70. The van der Waals surface area contributed by atoms with Crippen LogP contribution in [0.15, 0.2) is 35.4 Å². The van der Waals surface area contributed by atoms with Crippen LogP contribution in [0, 0.1) is 6.92 Å². The lowest BCUT2D eigenvalue weighted by atomic mass is 10.2. The van der Waals surface area contributed by atoms with Gasteiger partial charge in [0.25, 0.3) is 0 Å². The van der Waals surface area contributed by atoms with Gasteiger partial charge in [0.2, 0.25) is 5.75 Å². The highest BCUT2D eigenvalue weighted by Crippen LogP contribution is 2.37. The highest BCUT2D eigenvalue weighted by Gasteiger charge is 2.12. The van der Waals surface area contributed by atoms with E-state index in [-0.39, 0.29) is 0 Å². The summed E-state index contributed by atoms with van der Waals surface area (Å²) in [4.78, 5) is 0. The van der Waals surface area contributed by atoms with Gasteiger partial charge in [0.15, 0.2) is 11.5 Å². The molecule has 0 radical (unpaired) electrons. The molecule has 0 bridgehead atoms. The first kappa shape index (κ1) is 17.0. The van der Waals surface area contributed by atoms with Crippen molar-refractivity contribution in [3.05, 3.63) is 46.5 Å². The Kier molecular flexibility index (Phi) is 5.71. The lowest BCUT2D eigenvalue weighted by molar-refractivity contribution is 0.324. The second kappa shape index (κ2) is 7.74. The molecule has 0 heterocycles. The van der Waals surface area contributed by atoms with Crippen molar-refractivity contribution in [2.45, 2.75) is 6.92 Å². The number of hydrogen-bond acceptors (Lipinski definition) is 5. The zero-order valence-corrected chi connectivity index (χ0v) is 14.3. The average molecular weight is 335 g/mol. The number of methoxy groups -OCH3 is 3. The highest BCUT2D eigenvalue weighted by atomic mass is 35.5. The Morgan fingerprint density at radius 2 is 1.65 bits per heavy atom. The number of anilines is 1. The van der Waals surface area contributed by atoms with E-state index in [0.29, 0.717) is 22.3 Å². The minimum absolute atomic E-state index is 0.547. The monoisotopic (exact) mass is 334 g/mol. The Morgan fingerprint density at radius 1 is 1.00 bits per heavy atom. The number of ether oxygens (including phenoxy) is 3. The van der Waals surface area contributed by atoms with Crippen LogP contribution in [0.5, 0.6) is 17.2 Å². The maximum Gasteiger partial charge on any atom is 0.203 e. The number of rotatable bonds is 6. The van der Waals surface area contributed by atoms with Crippen molar-refractivity contribution in [1.82, 2.24) is 0 Å². The summed E-state index contributed by atoms with van der Waals surface area (Å²) in [6.45, 7) is 1.95. The van der Waals surface area contributed by atoms with E-state index < -0.39 is 0 Å². The lowest BCUT2D eigenvalue weighted by Gasteiger charge is -2.12. The Balaban J connectivity index is 2.20. The summed E-state index contributed by atoms with van der Waals surface area (Å²) in [5, 5.41) is 4.90. The summed E-state index contributed by atoms with van der Waals surface area (Å²) < 4.78 is 15.9. The molecular formula is C17H19ClN2O3. The van der Waals surface area contributed by atoms with Gasteiger partial charge in [-0.05, 0) is 36.8 Å². The molecule has 0 atom stereocenters. The van der Waals surface area contributed by atoms with Gasteiger partial charge in [0.05, 0.1) is 33.2 Å². The maximum atomic E-state index is 6.08. The van der Waals surface area contributed by atoms with Crippen molar-refractivity contribution >= 4 is 23.5 Å². The van der Waals surface area contributed by atoms with Crippen LogP contribution in [0.2, 0.25) is 5.02 Å². The molecule has 0 aliphatic heterocycles. The fourth-order valence-electron chi connectivity index (χ4n) is 2.02. The number of nitrogens with one attached hydrogen (secondary N) is 1. The summed E-state index contributed by atoms with van der Waals surface area (Å²) in [7, 11) is 4.71. The molecule has 0 saturated heterocycles. The molecule has 2 aromatic carbocycles. The largest absolute Gasteiger partial charge is 0.493 e. The minimum atomic E-state index is 0.547. The summed E-state index contributed by atoms with van der Waals surface area (Å²) in [6.07, 6.45) is 1.66. The first-order valence-corrected chi connectivity index (χ1v) is 7.32. The molecule has 0 amide bonds. The van der Waals surface area contributed by atoms with Crippen molar-refractivity contribution in [3.8, 4) is 17.2 Å². The van der Waals surface area contributed by atoms with E-state index in [1.165, 1.54) is 0 Å². The molecular weight excluding hydrogens is 316 g/mol. The van der Waals surface area contributed by atoms with Gasteiger partial charge >= 0.3 is 0 Å². The van der Waals surface area contributed by atoms with Gasteiger partial charge in [-0.2, -0.15) is 5.10 Å². The molecule has 2 aromatic rings. The third-order valence-corrected chi connectivity index (χ3v) is 3.67. The van der Waals surface area contributed by atoms with Gasteiger partial charge in [-0.25, -0.2) is 0 Å². The van der Waals surface area contributed by atoms with E-state index in [0.717, 1.165) is 16.8 Å². The van der Waals surface area contributed by atoms with Crippen molar-refractivity contribution in [1.29, 1.82) is 0 Å². The van der Waals surface area contributed by atoms with E-state index in [1.807, 2.05) is 37.3 Å². The third-order valence-electron chi connectivity index (χ3n) is 3.27. The molecule has 6 heteroatoms. The average Bonchev–Trinajstić information content (AvgIpc) is 2.57. The van der Waals surface area contributed by atoms with Crippen molar-refractivity contribution < 1.29 is 14.2 Å².